The monoisotopic (exact) mass is 246 g/mol. The normalized spacial score (nSPS) is 25.9. The van der Waals surface area contributed by atoms with Gasteiger partial charge in [0.2, 0.25) is 5.91 Å². The van der Waals surface area contributed by atoms with Crippen LogP contribution in [-0.4, -0.2) is 16.9 Å². The number of hydrogen-bond acceptors (Lipinski definition) is 3. The molecule has 18 heavy (non-hydrogen) atoms. The summed E-state index contributed by atoms with van der Waals surface area (Å²) in [6.07, 6.45) is 3.00. The summed E-state index contributed by atoms with van der Waals surface area (Å²) in [6, 6.07) is 5.34. The quantitative estimate of drug-likeness (QED) is 0.604. The topological polar surface area (TPSA) is 72.2 Å². The Morgan fingerprint density at radius 2 is 2.11 bits per heavy atom. The fourth-order valence-corrected chi connectivity index (χ4v) is 3.00. The van der Waals surface area contributed by atoms with E-state index in [2.05, 4.69) is 5.32 Å². The zero-order chi connectivity index (χ0) is 12.7. The van der Waals surface area contributed by atoms with Crippen LogP contribution in [0.2, 0.25) is 0 Å². The average molecular weight is 246 g/mol. The van der Waals surface area contributed by atoms with E-state index in [1.165, 1.54) is 6.07 Å². The Morgan fingerprint density at radius 1 is 1.28 bits per heavy atom. The molecule has 1 fully saturated rings. The number of nitro groups is 1. The predicted molar refractivity (Wildman–Crippen MR) is 65.2 cm³/mol. The third-order valence-corrected chi connectivity index (χ3v) is 3.94. The average Bonchev–Trinajstić information content (AvgIpc) is 2.30. The van der Waals surface area contributed by atoms with Crippen molar-refractivity contribution in [2.75, 3.05) is 0 Å². The van der Waals surface area contributed by atoms with Gasteiger partial charge in [0.1, 0.15) is 0 Å². The second kappa shape index (κ2) is 4.08. The number of benzene rings is 1. The van der Waals surface area contributed by atoms with Gasteiger partial charge in [0.15, 0.2) is 0 Å². The molecule has 1 amide bonds. The Labute approximate surface area is 104 Å². The fourth-order valence-electron chi connectivity index (χ4n) is 3.00. The van der Waals surface area contributed by atoms with Gasteiger partial charge in [0.25, 0.3) is 5.69 Å². The molecule has 0 spiro atoms. The van der Waals surface area contributed by atoms with E-state index in [9.17, 15) is 14.9 Å². The smallest absolute Gasteiger partial charge is 0.272 e. The molecule has 1 aromatic rings. The zero-order valence-electron chi connectivity index (χ0n) is 9.89. The molecule has 4 rings (SSSR count). The number of amides is 1. The largest absolute Gasteiger partial charge is 0.353 e. The van der Waals surface area contributed by atoms with E-state index >= 15 is 0 Å². The third-order valence-electron chi connectivity index (χ3n) is 3.94. The van der Waals surface area contributed by atoms with Gasteiger partial charge in [-0.05, 0) is 31.2 Å². The molecule has 2 bridgehead atoms. The first-order valence-corrected chi connectivity index (χ1v) is 6.20. The lowest BCUT2D eigenvalue weighted by molar-refractivity contribution is -0.385. The van der Waals surface area contributed by atoms with E-state index in [-0.39, 0.29) is 28.5 Å². The van der Waals surface area contributed by atoms with Crippen molar-refractivity contribution in [2.45, 2.75) is 31.7 Å². The Kier molecular flexibility index (Phi) is 2.54. The molecule has 5 heteroatoms. The maximum Gasteiger partial charge on any atom is 0.272 e. The molecule has 3 aliphatic rings. The number of nitro benzene ring substituents is 1. The Morgan fingerprint density at radius 3 is 2.83 bits per heavy atom. The Hall–Kier alpha value is -1.91. The van der Waals surface area contributed by atoms with Crippen LogP contribution in [0.15, 0.2) is 18.2 Å². The number of piperidine rings is 1. The van der Waals surface area contributed by atoms with E-state index in [1.54, 1.807) is 6.07 Å². The van der Waals surface area contributed by atoms with Crippen LogP contribution in [0.1, 0.15) is 24.0 Å². The number of nitrogens with zero attached hydrogens (tertiary/aromatic N) is 1. The summed E-state index contributed by atoms with van der Waals surface area (Å²) >= 11 is 0. The van der Waals surface area contributed by atoms with Gasteiger partial charge in [-0.15, -0.1) is 0 Å². The maximum atomic E-state index is 11.8. The van der Waals surface area contributed by atoms with Crippen molar-refractivity contribution < 1.29 is 9.72 Å². The van der Waals surface area contributed by atoms with E-state index in [4.69, 9.17) is 0 Å². The molecule has 1 aromatic carbocycles. The lowest BCUT2D eigenvalue weighted by Crippen LogP contribution is -2.47. The van der Waals surface area contributed by atoms with Gasteiger partial charge >= 0.3 is 0 Å². The standard InChI is InChI=1S/C13H14N2O3/c16-13-9-4-5-10(14-13)6-8-2-1-3-12(15(17)18)11(8)7-9/h1-3,9-10H,4-7H2,(H,14,16). The highest BCUT2D eigenvalue weighted by atomic mass is 16.6. The van der Waals surface area contributed by atoms with E-state index in [0.717, 1.165) is 24.0 Å². The first kappa shape index (κ1) is 11.2. The van der Waals surface area contributed by atoms with Crippen LogP contribution in [0, 0.1) is 16.0 Å². The van der Waals surface area contributed by atoms with E-state index < -0.39 is 0 Å². The van der Waals surface area contributed by atoms with Gasteiger partial charge in [0, 0.05) is 23.6 Å². The van der Waals surface area contributed by atoms with Crippen molar-refractivity contribution in [2.24, 2.45) is 5.92 Å². The second-order valence-electron chi connectivity index (χ2n) is 5.06. The second-order valence-corrected chi connectivity index (χ2v) is 5.06. The highest BCUT2D eigenvalue weighted by molar-refractivity contribution is 5.80. The van der Waals surface area contributed by atoms with Gasteiger partial charge in [0.05, 0.1) is 4.92 Å². The SMILES string of the molecule is O=C1NC2CCC1Cc1c(cccc1[N+](=O)[O-])C2. The van der Waals surface area contributed by atoms with Crippen molar-refractivity contribution in [3.05, 3.63) is 39.4 Å². The Balaban J connectivity index is 2.09. The highest BCUT2D eigenvalue weighted by Gasteiger charge is 2.34. The minimum Gasteiger partial charge on any atom is -0.353 e. The molecule has 2 heterocycles. The number of hydrogen-bond donors (Lipinski definition) is 1. The predicted octanol–water partition coefficient (Wildman–Crippen LogP) is 1.59. The number of carbonyl (C=O) groups excluding carboxylic acids is 1. The lowest BCUT2D eigenvalue weighted by atomic mass is 9.80. The van der Waals surface area contributed by atoms with E-state index in [0.29, 0.717) is 12.8 Å². The lowest BCUT2D eigenvalue weighted by Gasteiger charge is -2.33. The molecule has 2 aliphatic heterocycles. The van der Waals surface area contributed by atoms with Crippen molar-refractivity contribution >= 4 is 11.6 Å². The molecule has 94 valence electrons. The van der Waals surface area contributed by atoms with E-state index in [1.807, 2.05) is 6.07 Å². The molecular formula is C13H14N2O3. The summed E-state index contributed by atoms with van der Waals surface area (Å²) in [4.78, 5) is 22.6. The van der Waals surface area contributed by atoms with Crippen LogP contribution < -0.4 is 5.32 Å². The number of nitrogens with one attached hydrogen (secondary N) is 1. The fraction of sp³-hybridized carbons (Fsp3) is 0.462. The Bertz CT molecular complexity index is 527. The van der Waals surface area contributed by atoms with Gasteiger partial charge in [-0.2, -0.15) is 0 Å². The molecule has 2 unspecified atom stereocenters. The minimum absolute atomic E-state index is 0.0510. The van der Waals surface area contributed by atoms with Crippen LogP contribution in [-0.2, 0) is 17.6 Å². The van der Waals surface area contributed by atoms with Crippen LogP contribution in [0.3, 0.4) is 0 Å². The number of fused-ring (bicyclic) bond motifs is 2. The summed E-state index contributed by atoms with van der Waals surface area (Å²) < 4.78 is 0. The molecule has 1 N–H and O–H groups in total. The molecule has 5 nitrogen and oxygen atoms in total. The van der Waals surface area contributed by atoms with Crippen molar-refractivity contribution in [3.63, 3.8) is 0 Å². The summed E-state index contributed by atoms with van der Waals surface area (Å²) in [5.74, 6) is -0.0588. The van der Waals surface area contributed by atoms with Crippen molar-refractivity contribution in [1.29, 1.82) is 0 Å². The van der Waals surface area contributed by atoms with Crippen LogP contribution >= 0.6 is 0 Å². The highest BCUT2D eigenvalue weighted by Crippen LogP contribution is 2.33. The molecule has 2 atom stereocenters. The molecular weight excluding hydrogens is 232 g/mol. The maximum absolute atomic E-state index is 11.8. The van der Waals surface area contributed by atoms with Crippen molar-refractivity contribution in [1.82, 2.24) is 5.32 Å². The molecule has 0 saturated carbocycles. The minimum atomic E-state index is -0.341. The number of carbonyl (C=O) groups is 1. The zero-order valence-corrected chi connectivity index (χ0v) is 9.89. The summed E-state index contributed by atoms with van der Waals surface area (Å²) in [7, 11) is 0. The van der Waals surface area contributed by atoms with Crippen LogP contribution in [0.5, 0.6) is 0 Å². The van der Waals surface area contributed by atoms with Crippen LogP contribution in [0.4, 0.5) is 5.69 Å². The molecule has 0 radical (unpaired) electrons. The van der Waals surface area contributed by atoms with Gasteiger partial charge in [-0.3, -0.25) is 14.9 Å². The number of rotatable bonds is 1. The van der Waals surface area contributed by atoms with Crippen molar-refractivity contribution in [3.8, 4) is 0 Å². The first-order valence-electron chi connectivity index (χ1n) is 6.20. The molecule has 1 saturated heterocycles. The van der Waals surface area contributed by atoms with Gasteiger partial charge in [-0.1, -0.05) is 12.1 Å². The molecule has 1 aliphatic carbocycles. The summed E-state index contributed by atoms with van der Waals surface area (Å²) in [6.45, 7) is 0. The van der Waals surface area contributed by atoms with Gasteiger partial charge < -0.3 is 5.32 Å². The summed E-state index contributed by atoms with van der Waals surface area (Å²) in [5, 5.41) is 14.1. The van der Waals surface area contributed by atoms with Gasteiger partial charge in [-0.25, -0.2) is 0 Å². The summed E-state index contributed by atoms with van der Waals surface area (Å²) in [5.41, 5.74) is 1.93. The van der Waals surface area contributed by atoms with Crippen LogP contribution in [0.25, 0.3) is 0 Å². The first-order chi connectivity index (χ1) is 8.65. The third kappa shape index (κ3) is 1.75. The molecule has 0 aromatic heterocycles.